The highest BCUT2D eigenvalue weighted by Gasteiger charge is 2.27. The first-order valence-corrected chi connectivity index (χ1v) is 9.71. The van der Waals surface area contributed by atoms with Gasteiger partial charge < -0.3 is 25.5 Å². The van der Waals surface area contributed by atoms with E-state index in [1.807, 2.05) is 0 Å². The average molecular weight is 425 g/mol. The number of aromatic amines is 1. The molecule has 0 saturated heterocycles. The molecule has 162 valence electrons. The number of nitrogens with one attached hydrogen (secondary N) is 3. The lowest BCUT2D eigenvalue weighted by molar-refractivity contribution is -0.144. The zero-order valence-corrected chi connectivity index (χ0v) is 17.6. The first kappa shape index (κ1) is 21.8. The van der Waals surface area contributed by atoms with E-state index in [0.717, 1.165) is 0 Å². The molecule has 1 aromatic carbocycles. The smallest absolute Gasteiger partial charge is 0.335 e. The zero-order chi connectivity index (χ0) is 22.9. The van der Waals surface area contributed by atoms with E-state index in [2.05, 4.69) is 15.6 Å². The summed E-state index contributed by atoms with van der Waals surface area (Å²) < 4.78 is 4.91. The molecule has 0 saturated carbocycles. The van der Waals surface area contributed by atoms with Crippen molar-refractivity contribution in [1.29, 1.82) is 0 Å². The number of carbonyl (C=O) groups is 4. The monoisotopic (exact) mass is 425 g/mol. The van der Waals surface area contributed by atoms with Gasteiger partial charge in [-0.15, -0.1) is 0 Å². The molecule has 0 unspecified atom stereocenters. The zero-order valence-electron chi connectivity index (χ0n) is 17.6. The van der Waals surface area contributed by atoms with Crippen LogP contribution in [0.5, 0.6) is 0 Å². The molecule has 0 spiro atoms. The SMILES string of the molecule is CCOC(=O)[C@H](C)NC(=O)c1c(C)[nH]c(C=C2C(=O)Nc3ccc(C(=O)O)cc32)c1C. The van der Waals surface area contributed by atoms with Crippen LogP contribution in [0.25, 0.3) is 11.6 Å². The highest BCUT2D eigenvalue weighted by molar-refractivity contribution is 6.35. The molecule has 2 amide bonds. The molecule has 1 aliphatic heterocycles. The van der Waals surface area contributed by atoms with E-state index in [-0.39, 0.29) is 23.7 Å². The summed E-state index contributed by atoms with van der Waals surface area (Å²) in [6, 6.07) is 3.58. The Labute approximate surface area is 178 Å². The molecule has 0 aliphatic carbocycles. The van der Waals surface area contributed by atoms with Gasteiger partial charge in [0.25, 0.3) is 11.8 Å². The Hall–Kier alpha value is -3.88. The maximum atomic E-state index is 12.7. The molecule has 1 atom stereocenters. The van der Waals surface area contributed by atoms with E-state index in [1.165, 1.54) is 19.1 Å². The molecule has 4 N–H and O–H groups in total. The van der Waals surface area contributed by atoms with Gasteiger partial charge in [-0.1, -0.05) is 0 Å². The van der Waals surface area contributed by atoms with Crippen molar-refractivity contribution in [3.63, 3.8) is 0 Å². The quantitative estimate of drug-likeness (QED) is 0.414. The van der Waals surface area contributed by atoms with E-state index in [4.69, 9.17) is 4.74 Å². The van der Waals surface area contributed by atoms with E-state index in [1.54, 1.807) is 32.9 Å². The predicted octanol–water partition coefficient (Wildman–Crippen LogP) is 2.50. The Morgan fingerprint density at radius 3 is 2.61 bits per heavy atom. The number of ether oxygens (including phenoxy) is 1. The molecule has 2 aromatic rings. The number of carboxylic acid groups (broad SMARTS) is 1. The van der Waals surface area contributed by atoms with Crippen molar-refractivity contribution in [2.75, 3.05) is 11.9 Å². The molecule has 2 heterocycles. The predicted molar refractivity (Wildman–Crippen MR) is 114 cm³/mol. The van der Waals surface area contributed by atoms with Crippen LogP contribution in [-0.4, -0.2) is 46.5 Å². The number of aromatic carboxylic acids is 1. The highest BCUT2D eigenvalue weighted by atomic mass is 16.5. The summed E-state index contributed by atoms with van der Waals surface area (Å²) in [6.45, 7) is 6.87. The molecule has 3 rings (SSSR count). The number of rotatable bonds is 6. The van der Waals surface area contributed by atoms with Gasteiger partial charge in [0.05, 0.1) is 23.3 Å². The third-order valence-electron chi connectivity index (χ3n) is 5.03. The van der Waals surface area contributed by atoms with Crippen LogP contribution in [0.1, 0.15) is 57.1 Å². The van der Waals surface area contributed by atoms with Crippen molar-refractivity contribution in [3.05, 3.63) is 51.8 Å². The van der Waals surface area contributed by atoms with Gasteiger partial charge in [0, 0.05) is 22.6 Å². The number of carbonyl (C=O) groups excluding carboxylic acids is 3. The molecule has 31 heavy (non-hydrogen) atoms. The molecule has 9 nitrogen and oxygen atoms in total. The minimum atomic E-state index is -1.09. The van der Waals surface area contributed by atoms with Gasteiger partial charge in [-0.05, 0) is 57.5 Å². The number of benzene rings is 1. The van der Waals surface area contributed by atoms with Gasteiger partial charge in [0.2, 0.25) is 0 Å². The topological polar surface area (TPSA) is 138 Å². The van der Waals surface area contributed by atoms with E-state index < -0.39 is 23.9 Å². The maximum absolute atomic E-state index is 12.7. The first-order chi connectivity index (χ1) is 14.6. The van der Waals surface area contributed by atoms with Crippen molar-refractivity contribution in [3.8, 4) is 0 Å². The standard InChI is InChI=1S/C22H23N3O6/c1-5-31-22(30)12(4)24-20(27)18-10(2)17(23-11(18)3)9-15-14-8-13(21(28)29)6-7-16(14)25-19(15)26/h6-9,12,23H,5H2,1-4H3,(H,24,27)(H,25,26)(H,28,29)/t12-/m0/s1. The lowest BCUT2D eigenvalue weighted by Crippen LogP contribution is -2.39. The first-order valence-electron chi connectivity index (χ1n) is 9.71. The Bertz CT molecular complexity index is 1130. The molecule has 1 aromatic heterocycles. The van der Waals surface area contributed by atoms with E-state index >= 15 is 0 Å². The average Bonchev–Trinajstić information content (AvgIpc) is 3.16. The van der Waals surface area contributed by atoms with Crippen molar-refractivity contribution >= 4 is 41.1 Å². The van der Waals surface area contributed by atoms with Crippen LogP contribution in [0.2, 0.25) is 0 Å². The maximum Gasteiger partial charge on any atom is 0.335 e. The number of aryl methyl sites for hydroxylation is 1. The van der Waals surface area contributed by atoms with Gasteiger partial charge in [-0.2, -0.15) is 0 Å². The highest BCUT2D eigenvalue weighted by Crippen LogP contribution is 2.34. The lowest BCUT2D eigenvalue weighted by atomic mass is 10.0. The minimum absolute atomic E-state index is 0.0635. The number of H-pyrrole nitrogens is 1. The van der Waals surface area contributed by atoms with Crippen LogP contribution in [0.15, 0.2) is 18.2 Å². The summed E-state index contributed by atoms with van der Waals surface area (Å²) in [5.41, 5.74) is 3.39. The number of anilines is 1. The van der Waals surface area contributed by atoms with Crippen LogP contribution >= 0.6 is 0 Å². The summed E-state index contributed by atoms with van der Waals surface area (Å²) in [5, 5.41) is 14.6. The Morgan fingerprint density at radius 1 is 1.26 bits per heavy atom. The largest absolute Gasteiger partial charge is 0.478 e. The molecule has 0 bridgehead atoms. The minimum Gasteiger partial charge on any atom is -0.478 e. The van der Waals surface area contributed by atoms with Crippen LogP contribution in [-0.2, 0) is 14.3 Å². The Balaban J connectivity index is 1.95. The van der Waals surface area contributed by atoms with Gasteiger partial charge in [0.1, 0.15) is 6.04 Å². The lowest BCUT2D eigenvalue weighted by Gasteiger charge is -2.13. The summed E-state index contributed by atoms with van der Waals surface area (Å²) in [5.74, 6) is -2.44. The second kappa shape index (κ2) is 8.47. The summed E-state index contributed by atoms with van der Waals surface area (Å²) in [4.78, 5) is 51.4. The molecular weight excluding hydrogens is 402 g/mol. The molecule has 9 heteroatoms. The number of esters is 1. The van der Waals surface area contributed by atoms with Gasteiger partial charge in [-0.25, -0.2) is 9.59 Å². The normalized spacial score (nSPS) is 14.7. The number of hydrogen-bond donors (Lipinski definition) is 4. The van der Waals surface area contributed by atoms with Crippen LogP contribution < -0.4 is 10.6 Å². The van der Waals surface area contributed by atoms with Gasteiger partial charge in [-0.3, -0.25) is 9.59 Å². The summed E-state index contributed by atoms with van der Waals surface area (Å²) >= 11 is 0. The Morgan fingerprint density at radius 2 is 1.97 bits per heavy atom. The van der Waals surface area contributed by atoms with Crippen molar-refractivity contribution in [2.45, 2.75) is 33.7 Å². The fourth-order valence-electron chi connectivity index (χ4n) is 3.46. The van der Waals surface area contributed by atoms with E-state index in [9.17, 15) is 24.3 Å². The third-order valence-corrected chi connectivity index (χ3v) is 5.03. The van der Waals surface area contributed by atoms with E-state index in [0.29, 0.717) is 33.8 Å². The second-order valence-electron chi connectivity index (χ2n) is 7.19. The summed E-state index contributed by atoms with van der Waals surface area (Å²) in [7, 11) is 0. The van der Waals surface area contributed by atoms with Gasteiger partial charge >= 0.3 is 11.9 Å². The van der Waals surface area contributed by atoms with Crippen LogP contribution in [0, 0.1) is 13.8 Å². The van der Waals surface area contributed by atoms with Gasteiger partial charge in [0.15, 0.2) is 0 Å². The number of carboxylic acids is 1. The fraction of sp³-hybridized carbons (Fsp3) is 0.273. The number of aromatic nitrogens is 1. The molecule has 1 aliphatic rings. The Kier molecular flexibility index (Phi) is 5.96. The van der Waals surface area contributed by atoms with Crippen LogP contribution in [0.4, 0.5) is 5.69 Å². The molecular formula is C22H23N3O6. The van der Waals surface area contributed by atoms with Crippen LogP contribution in [0.3, 0.4) is 0 Å². The van der Waals surface area contributed by atoms with Crippen molar-refractivity contribution in [2.24, 2.45) is 0 Å². The fourth-order valence-corrected chi connectivity index (χ4v) is 3.46. The second-order valence-corrected chi connectivity index (χ2v) is 7.19. The van der Waals surface area contributed by atoms with Crippen molar-refractivity contribution in [1.82, 2.24) is 10.3 Å². The number of fused-ring (bicyclic) bond motifs is 1. The van der Waals surface area contributed by atoms with Crippen molar-refractivity contribution < 1.29 is 29.0 Å². The number of hydrogen-bond acceptors (Lipinski definition) is 5. The number of amides is 2. The summed E-state index contributed by atoms with van der Waals surface area (Å²) in [6.07, 6.45) is 1.58. The third kappa shape index (κ3) is 4.20. The molecule has 0 fully saturated rings. The molecule has 0 radical (unpaired) electrons.